The van der Waals surface area contributed by atoms with E-state index in [1.165, 1.54) is 6.07 Å². The molecule has 24 heavy (non-hydrogen) atoms. The van der Waals surface area contributed by atoms with E-state index >= 15 is 0 Å². The van der Waals surface area contributed by atoms with Gasteiger partial charge in [-0.15, -0.1) is 12.4 Å². The lowest BCUT2D eigenvalue weighted by molar-refractivity contribution is -0.145. The lowest BCUT2D eigenvalue weighted by Gasteiger charge is -2.25. The molecular weight excluding hydrogens is 347 g/mol. The molecule has 136 valence electrons. The Hall–Kier alpha value is -1.47. The molecule has 1 aromatic rings. The number of esters is 1. The zero-order valence-corrected chi connectivity index (χ0v) is 14.1. The van der Waals surface area contributed by atoms with Crippen LogP contribution in [0.3, 0.4) is 0 Å². The predicted molar refractivity (Wildman–Crippen MR) is 85.7 cm³/mol. The second-order valence-corrected chi connectivity index (χ2v) is 5.37. The first-order valence-electron chi connectivity index (χ1n) is 7.62. The Kier molecular flexibility index (Phi) is 7.83. The number of nitrogens with one attached hydrogen (secondary N) is 1. The Bertz CT molecular complexity index is 546. The average Bonchev–Trinajstić information content (AvgIpc) is 2.53. The number of alkyl halides is 3. The third-order valence-corrected chi connectivity index (χ3v) is 3.77. The summed E-state index contributed by atoms with van der Waals surface area (Å²) in [7, 11) is 0. The van der Waals surface area contributed by atoms with Crippen molar-refractivity contribution in [3.63, 3.8) is 0 Å². The minimum atomic E-state index is -4.40. The third-order valence-electron chi connectivity index (χ3n) is 3.77. The lowest BCUT2D eigenvalue weighted by atomic mass is 9.88. The van der Waals surface area contributed by atoms with Crippen LogP contribution in [0.2, 0.25) is 0 Å². The van der Waals surface area contributed by atoms with E-state index in [1.807, 2.05) is 0 Å². The smallest absolute Gasteiger partial charge is 0.416 e. The second kappa shape index (κ2) is 9.13. The minimum absolute atomic E-state index is 0. The van der Waals surface area contributed by atoms with Crippen LogP contribution in [-0.4, -0.2) is 32.3 Å². The first-order chi connectivity index (χ1) is 10.9. The van der Waals surface area contributed by atoms with Gasteiger partial charge in [-0.2, -0.15) is 13.2 Å². The standard InChI is InChI=1S/C16H20F3NO3.ClH/c1-2-22-15(21)10-23-14-4-3-12(16(17,18)19)9-13(14)11-5-7-20-8-6-11;/h3-4,9,11,20H,2,5-8,10H2,1H3;1H. The van der Waals surface area contributed by atoms with E-state index < -0.39 is 17.7 Å². The summed E-state index contributed by atoms with van der Waals surface area (Å²) in [5, 5.41) is 3.18. The molecule has 1 fully saturated rings. The highest BCUT2D eigenvalue weighted by Gasteiger charge is 2.32. The normalized spacial score (nSPS) is 15.5. The van der Waals surface area contributed by atoms with E-state index in [1.54, 1.807) is 6.92 Å². The van der Waals surface area contributed by atoms with Gasteiger partial charge < -0.3 is 14.8 Å². The highest BCUT2D eigenvalue weighted by molar-refractivity contribution is 5.85. The molecule has 1 N–H and O–H groups in total. The van der Waals surface area contributed by atoms with Gasteiger partial charge in [-0.3, -0.25) is 0 Å². The van der Waals surface area contributed by atoms with E-state index in [-0.39, 0.29) is 31.5 Å². The molecule has 0 bridgehead atoms. The van der Waals surface area contributed by atoms with Gasteiger partial charge in [0.25, 0.3) is 0 Å². The molecular formula is C16H21ClF3NO3. The SMILES string of the molecule is CCOC(=O)COc1ccc(C(F)(F)F)cc1C1CCNCC1.Cl. The van der Waals surface area contributed by atoms with Crippen LogP contribution in [0.4, 0.5) is 13.2 Å². The molecule has 0 unspecified atom stereocenters. The molecule has 0 aliphatic carbocycles. The molecule has 8 heteroatoms. The molecule has 0 saturated carbocycles. The Morgan fingerprint density at radius 2 is 1.96 bits per heavy atom. The third kappa shape index (κ3) is 5.56. The summed E-state index contributed by atoms with van der Waals surface area (Å²) >= 11 is 0. The number of carbonyl (C=O) groups excluding carboxylic acids is 1. The molecule has 0 amide bonds. The van der Waals surface area contributed by atoms with Crippen LogP contribution >= 0.6 is 12.4 Å². The number of rotatable bonds is 5. The molecule has 0 radical (unpaired) electrons. The topological polar surface area (TPSA) is 47.6 Å². The maximum atomic E-state index is 13.0. The van der Waals surface area contributed by atoms with Crippen molar-refractivity contribution >= 4 is 18.4 Å². The van der Waals surface area contributed by atoms with Gasteiger partial charge in [-0.25, -0.2) is 4.79 Å². The monoisotopic (exact) mass is 367 g/mol. The van der Waals surface area contributed by atoms with Gasteiger partial charge >= 0.3 is 12.1 Å². The quantitative estimate of drug-likeness (QED) is 0.809. The van der Waals surface area contributed by atoms with Crippen molar-refractivity contribution in [2.24, 2.45) is 0 Å². The van der Waals surface area contributed by atoms with Crippen molar-refractivity contribution in [3.8, 4) is 5.75 Å². The van der Waals surface area contributed by atoms with Crippen LogP contribution in [0.5, 0.6) is 5.75 Å². The minimum Gasteiger partial charge on any atom is -0.482 e. The summed E-state index contributed by atoms with van der Waals surface area (Å²) in [6.07, 6.45) is -2.94. The van der Waals surface area contributed by atoms with Crippen LogP contribution in [-0.2, 0) is 15.7 Å². The Morgan fingerprint density at radius 1 is 1.29 bits per heavy atom. The molecule has 1 aliphatic heterocycles. The van der Waals surface area contributed by atoms with Gasteiger partial charge in [0.2, 0.25) is 0 Å². The lowest BCUT2D eigenvalue weighted by Crippen LogP contribution is -2.27. The van der Waals surface area contributed by atoms with Crippen LogP contribution in [0.1, 0.15) is 36.8 Å². The molecule has 1 heterocycles. The van der Waals surface area contributed by atoms with Crippen molar-refractivity contribution in [3.05, 3.63) is 29.3 Å². The summed E-state index contributed by atoms with van der Waals surface area (Å²) in [5.74, 6) is -0.239. The molecule has 0 spiro atoms. The molecule has 0 aromatic heterocycles. The van der Waals surface area contributed by atoms with Crippen molar-refractivity contribution in [2.45, 2.75) is 31.9 Å². The van der Waals surface area contributed by atoms with Gasteiger partial charge in [-0.1, -0.05) is 0 Å². The van der Waals surface area contributed by atoms with E-state index in [0.717, 1.165) is 38.1 Å². The maximum Gasteiger partial charge on any atom is 0.416 e. The van der Waals surface area contributed by atoms with E-state index in [4.69, 9.17) is 9.47 Å². The summed E-state index contributed by atoms with van der Waals surface area (Å²) < 4.78 is 49.0. The van der Waals surface area contributed by atoms with E-state index in [2.05, 4.69) is 5.32 Å². The van der Waals surface area contributed by atoms with Gasteiger partial charge in [0.05, 0.1) is 12.2 Å². The Labute approximate surface area is 145 Å². The first-order valence-corrected chi connectivity index (χ1v) is 7.62. The van der Waals surface area contributed by atoms with Crippen molar-refractivity contribution < 1.29 is 27.4 Å². The van der Waals surface area contributed by atoms with Crippen LogP contribution < -0.4 is 10.1 Å². The van der Waals surface area contributed by atoms with Gasteiger partial charge in [0.1, 0.15) is 5.75 Å². The molecule has 1 aromatic carbocycles. The highest BCUT2D eigenvalue weighted by Crippen LogP contribution is 2.38. The summed E-state index contributed by atoms with van der Waals surface area (Å²) in [6.45, 7) is 3.10. The Balaban J connectivity index is 0.00000288. The molecule has 1 saturated heterocycles. The zero-order valence-electron chi connectivity index (χ0n) is 13.3. The highest BCUT2D eigenvalue weighted by atomic mass is 35.5. The number of carbonyl (C=O) groups is 1. The summed E-state index contributed by atoms with van der Waals surface area (Å²) in [5.41, 5.74) is -0.194. The fraction of sp³-hybridized carbons (Fsp3) is 0.562. The fourth-order valence-electron chi connectivity index (χ4n) is 2.65. The van der Waals surface area contributed by atoms with Gasteiger partial charge in [0, 0.05) is 0 Å². The predicted octanol–water partition coefficient (Wildman–Crippen LogP) is 3.54. The zero-order chi connectivity index (χ0) is 16.9. The van der Waals surface area contributed by atoms with Crippen LogP contribution in [0.25, 0.3) is 0 Å². The number of hydrogen-bond acceptors (Lipinski definition) is 4. The first kappa shape index (κ1) is 20.6. The number of piperidine rings is 1. The van der Waals surface area contributed by atoms with Gasteiger partial charge in [-0.05, 0) is 62.5 Å². The van der Waals surface area contributed by atoms with Crippen molar-refractivity contribution in [1.82, 2.24) is 5.32 Å². The van der Waals surface area contributed by atoms with Crippen molar-refractivity contribution in [1.29, 1.82) is 0 Å². The number of hydrogen-bond donors (Lipinski definition) is 1. The van der Waals surface area contributed by atoms with Crippen molar-refractivity contribution in [2.75, 3.05) is 26.3 Å². The average molecular weight is 368 g/mol. The van der Waals surface area contributed by atoms with Crippen LogP contribution in [0, 0.1) is 0 Å². The number of ether oxygens (including phenoxy) is 2. The molecule has 0 atom stereocenters. The fourth-order valence-corrected chi connectivity index (χ4v) is 2.65. The number of benzene rings is 1. The van der Waals surface area contributed by atoms with E-state index in [9.17, 15) is 18.0 Å². The maximum absolute atomic E-state index is 13.0. The molecule has 4 nitrogen and oxygen atoms in total. The number of halogens is 4. The summed E-state index contributed by atoms with van der Waals surface area (Å²) in [4.78, 5) is 11.4. The second-order valence-electron chi connectivity index (χ2n) is 5.37. The largest absolute Gasteiger partial charge is 0.482 e. The van der Waals surface area contributed by atoms with Gasteiger partial charge in [0.15, 0.2) is 6.61 Å². The molecule has 2 rings (SSSR count). The summed E-state index contributed by atoms with van der Waals surface area (Å²) in [6, 6.07) is 3.40. The van der Waals surface area contributed by atoms with E-state index in [0.29, 0.717) is 11.3 Å². The Morgan fingerprint density at radius 3 is 2.54 bits per heavy atom. The molecule has 1 aliphatic rings. The van der Waals surface area contributed by atoms with Crippen LogP contribution in [0.15, 0.2) is 18.2 Å².